The van der Waals surface area contributed by atoms with E-state index in [1.807, 2.05) is 0 Å². The Bertz CT molecular complexity index is 750. The molecule has 2 heterocycles. The normalized spacial score (nSPS) is 14.8. The van der Waals surface area contributed by atoms with E-state index < -0.39 is 17.7 Å². The number of hydrogen-bond acceptors (Lipinski definition) is 3. The minimum Gasteiger partial charge on any atom is -0.336 e. The Morgan fingerprint density at radius 1 is 1.29 bits per heavy atom. The van der Waals surface area contributed by atoms with Crippen LogP contribution in [0.15, 0.2) is 24.5 Å². The molecule has 1 aromatic carbocycles. The molecule has 0 fully saturated rings. The lowest BCUT2D eigenvalue weighted by Gasteiger charge is -2.32. The first-order valence-corrected chi connectivity index (χ1v) is 7.41. The fraction of sp³-hybridized carbons (Fsp3) is 0.375. The lowest BCUT2D eigenvalue weighted by molar-refractivity contribution is -0.134. The van der Waals surface area contributed by atoms with Gasteiger partial charge in [-0.1, -0.05) is 0 Å². The number of nitrogens with one attached hydrogen (secondary N) is 1. The standard InChI is InChI=1S/C16H18F2N4O.ClH/c1-19-15(10-7-20-21(2)8-10)16(23)22-6-5-11-12(9-22)14(18)4-3-13(11)17;/h3-4,7-8,15,19H,5-6,9H2,1-2H3;1H. The second-order valence-electron chi connectivity index (χ2n) is 5.67. The van der Waals surface area contributed by atoms with Crippen molar-refractivity contribution in [2.45, 2.75) is 19.0 Å². The van der Waals surface area contributed by atoms with Crippen LogP contribution in [0.3, 0.4) is 0 Å². The number of halogens is 3. The first-order chi connectivity index (χ1) is 11.0. The summed E-state index contributed by atoms with van der Waals surface area (Å²) < 4.78 is 29.4. The van der Waals surface area contributed by atoms with Crippen LogP contribution >= 0.6 is 12.4 Å². The summed E-state index contributed by atoms with van der Waals surface area (Å²) in [6.45, 7) is 0.445. The van der Waals surface area contributed by atoms with Crippen LogP contribution in [0.4, 0.5) is 8.78 Å². The summed E-state index contributed by atoms with van der Waals surface area (Å²) in [5.74, 6) is -1.05. The van der Waals surface area contributed by atoms with Gasteiger partial charge < -0.3 is 10.2 Å². The monoisotopic (exact) mass is 356 g/mol. The van der Waals surface area contributed by atoms with Gasteiger partial charge in [-0.3, -0.25) is 9.48 Å². The van der Waals surface area contributed by atoms with E-state index in [0.29, 0.717) is 18.5 Å². The molecule has 8 heteroatoms. The van der Waals surface area contributed by atoms with Gasteiger partial charge in [-0.05, 0) is 31.2 Å². The van der Waals surface area contributed by atoms with Crippen LogP contribution in [0.1, 0.15) is 22.7 Å². The molecule has 1 aliphatic rings. The van der Waals surface area contributed by atoms with E-state index in [1.165, 1.54) is 0 Å². The maximum atomic E-state index is 14.0. The van der Waals surface area contributed by atoms with E-state index in [4.69, 9.17) is 0 Å². The molecule has 0 saturated heterocycles. The summed E-state index contributed by atoms with van der Waals surface area (Å²) in [6, 6.07) is 1.69. The number of rotatable bonds is 3. The molecule has 24 heavy (non-hydrogen) atoms. The van der Waals surface area contributed by atoms with Crippen LogP contribution in [-0.2, 0) is 24.8 Å². The molecule has 3 rings (SSSR count). The molecular formula is C16H19ClF2N4O. The van der Waals surface area contributed by atoms with E-state index in [1.54, 1.807) is 36.1 Å². The van der Waals surface area contributed by atoms with Crippen molar-refractivity contribution in [3.63, 3.8) is 0 Å². The molecule has 0 bridgehead atoms. The topological polar surface area (TPSA) is 50.2 Å². The zero-order valence-corrected chi connectivity index (χ0v) is 14.2. The van der Waals surface area contributed by atoms with Gasteiger partial charge in [0.05, 0.1) is 6.20 Å². The third-order valence-corrected chi connectivity index (χ3v) is 4.20. The summed E-state index contributed by atoms with van der Waals surface area (Å²) in [7, 11) is 3.46. The van der Waals surface area contributed by atoms with E-state index in [2.05, 4.69) is 10.4 Å². The lowest BCUT2D eigenvalue weighted by atomic mass is 9.97. The van der Waals surface area contributed by atoms with Gasteiger partial charge in [0.1, 0.15) is 17.7 Å². The highest BCUT2D eigenvalue weighted by atomic mass is 35.5. The Hall–Kier alpha value is -1.99. The summed E-state index contributed by atoms with van der Waals surface area (Å²) >= 11 is 0. The fourth-order valence-electron chi connectivity index (χ4n) is 2.99. The molecule has 0 saturated carbocycles. The number of nitrogens with zero attached hydrogens (tertiary/aromatic N) is 3. The maximum absolute atomic E-state index is 14.0. The summed E-state index contributed by atoms with van der Waals surface area (Å²) in [5, 5.41) is 7.04. The molecule has 0 radical (unpaired) electrons. The Labute approximate surface area is 145 Å². The quantitative estimate of drug-likeness (QED) is 0.914. The summed E-state index contributed by atoms with van der Waals surface area (Å²) in [4.78, 5) is 14.3. The van der Waals surface area contributed by atoms with Crippen molar-refractivity contribution >= 4 is 18.3 Å². The van der Waals surface area contributed by atoms with E-state index in [0.717, 1.165) is 17.7 Å². The number of amides is 1. The molecule has 1 atom stereocenters. The van der Waals surface area contributed by atoms with Gasteiger partial charge in [0.2, 0.25) is 5.91 Å². The third-order valence-electron chi connectivity index (χ3n) is 4.20. The summed E-state index contributed by atoms with van der Waals surface area (Å²) in [5.41, 5.74) is 1.38. The second-order valence-corrected chi connectivity index (χ2v) is 5.67. The Morgan fingerprint density at radius 2 is 1.96 bits per heavy atom. The van der Waals surface area contributed by atoms with Crippen LogP contribution in [0.5, 0.6) is 0 Å². The fourth-order valence-corrected chi connectivity index (χ4v) is 2.99. The van der Waals surface area contributed by atoms with Crippen LogP contribution in [0.2, 0.25) is 0 Å². The van der Waals surface area contributed by atoms with Crippen molar-refractivity contribution in [3.05, 3.63) is 52.9 Å². The molecule has 0 spiro atoms. The van der Waals surface area contributed by atoms with Crippen LogP contribution < -0.4 is 5.32 Å². The first-order valence-electron chi connectivity index (χ1n) is 7.41. The van der Waals surface area contributed by atoms with E-state index in [-0.39, 0.29) is 30.4 Å². The average molecular weight is 357 g/mol. The Morgan fingerprint density at radius 3 is 2.54 bits per heavy atom. The van der Waals surface area contributed by atoms with Crippen molar-refractivity contribution in [2.24, 2.45) is 7.05 Å². The first kappa shape index (κ1) is 18.4. The number of benzene rings is 1. The zero-order chi connectivity index (χ0) is 16.6. The van der Waals surface area contributed by atoms with Gasteiger partial charge in [-0.25, -0.2) is 8.78 Å². The van der Waals surface area contributed by atoms with Crippen molar-refractivity contribution in [1.82, 2.24) is 20.0 Å². The van der Waals surface area contributed by atoms with Crippen molar-refractivity contribution in [3.8, 4) is 0 Å². The molecule has 1 N–H and O–H groups in total. The summed E-state index contributed by atoms with van der Waals surface area (Å²) in [6.07, 6.45) is 3.70. The molecule has 1 amide bonds. The lowest BCUT2D eigenvalue weighted by Crippen LogP contribution is -2.43. The van der Waals surface area contributed by atoms with Gasteiger partial charge in [0.25, 0.3) is 0 Å². The number of carbonyl (C=O) groups excluding carboxylic acids is 1. The molecule has 2 aromatic rings. The van der Waals surface area contributed by atoms with E-state index >= 15 is 0 Å². The maximum Gasteiger partial charge on any atom is 0.244 e. The molecule has 5 nitrogen and oxygen atoms in total. The molecule has 1 unspecified atom stereocenters. The smallest absolute Gasteiger partial charge is 0.244 e. The van der Waals surface area contributed by atoms with Gasteiger partial charge >= 0.3 is 0 Å². The highest BCUT2D eigenvalue weighted by Crippen LogP contribution is 2.26. The number of fused-ring (bicyclic) bond motifs is 1. The molecule has 0 aliphatic carbocycles. The van der Waals surface area contributed by atoms with Crippen molar-refractivity contribution < 1.29 is 13.6 Å². The van der Waals surface area contributed by atoms with Gasteiger partial charge in [0.15, 0.2) is 0 Å². The number of hydrogen-bond donors (Lipinski definition) is 1. The van der Waals surface area contributed by atoms with Gasteiger partial charge in [-0.2, -0.15) is 5.10 Å². The average Bonchev–Trinajstić information content (AvgIpc) is 2.97. The number of carbonyl (C=O) groups is 1. The van der Waals surface area contributed by atoms with Crippen LogP contribution in [0, 0.1) is 11.6 Å². The minimum absolute atomic E-state index is 0. The van der Waals surface area contributed by atoms with Gasteiger partial charge in [0, 0.05) is 37.5 Å². The van der Waals surface area contributed by atoms with Crippen molar-refractivity contribution in [1.29, 1.82) is 0 Å². The Balaban J connectivity index is 0.00000208. The Kier molecular flexibility index (Phi) is 5.56. The molecular weight excluding hydrogens is 338 g/mol. The van der Waals surface area contributed by atoms with Gasteiger partial charge in [-0.15, -0.1) is 12.4 Å². The highest BCUT2D eigenvalue weighted by Gasteiger charge is 2.30. The number of aromatic nitrogens is 2. The van der Waals surface area contributed by atoms with Crippen LogP contribution in [-0.4, -0.2) is 34.2 Å². The number of aryl methyl sites for hydroxylation is 1. The van der Waals surface area contributed by atoms with E-state index in [9.17, 15) is 13.6 Å². The second kappa shape index (κ2) is 7.27. The molecule has 1 aliphatic heterocycles. The largest absolute Gasteiger partial charge is 0.336 e. The molecule has 130 valence electrons. The SMILES string of the molecule is CNC(C(=O)N1CCc2c(F)ccc(F)c2C1)c1cnn(C)c1.Cl. The predicted octanol–water partition coefficient (Wildman–Crippen LogP) is 1.97. The minimum atomic E-state index is -0.554. The zero-order valence-electron chi connectivity index (χ0n) is 13.4. The van der Waals surface area contributed by atoms with Crippen molar-refractivity contribution in [2.75, 3.05) is 13.6 Å². The predicted molar refractivity (Wildman–Crippen MR) is 87.7 cm³/mol. The number of likely N-dealkylation sites (N-methyl/N-ethyl adjacent to an activating group) is 1. The van der Waals surface area contributed by atoms with Crippen LogP contribution in [0.25, 0.3) is 0 Å². The highest BCUT2D eigenvalue weighted by molar-refractivity contribution is 5.85. The molecule has 1 aromatic heterocycles. The third kappa shape index (κ3) is 3.27.